The van der Waals surface area contributed by atoms with Crippen LogP contribution in [-0.4, -0.2) is 29.3 Å². The summed E-state index contributed by atoms with van der Waals surface area (Å²) in [7, 11) is 0. The van der Waals surface area contributed by atoms with E-state index in [0.717, 1.165) is 28.7 Å². The summed E-state index contributed by atoms with van der Waals surface area (Å²) < 4.78 is 0. The lowest BCUT2D eigenvalue weighted by atomic mass is 10.0. The van der Waals surface area contributed by atoms with Crippen LogP contribution in [-0.2, 0) is 22.6 Å². The van der Waals surface area contributed by atoms with Crippen molar-refractivity contribution in [1.29, 1.82) is 0 Å². The number of benzene rings is 2. The van der Waals surface area contributed by atoms with Crippen LogP contribution in [0.15, 0.2) is 48.5 Å². The Kier molecular flexibility index (Phi) is 7.59. The Morgan fingerprint density at radius 3 is 2.44 bits per heavy atom. The monoisotopic (exact) mass is 366 g/mol. The van der Waals surface area contributed by atoms with E-state index in [-0.39, 0.29) is 11.8 Å². The average molecular weight is 367 g/mol. The predicted molar refractivity (Wildman–Crippen MR) is 109 cm³/mol. The molecule has 2 aromatic carbocycles. The number of amides is 2. The summed E-state index contributed by atoms with van der Waals surface area (Å²) in [6.45, 7) is 8.89. The number of carbonyl (C=O) groups is 2. The Balaban J connectivity index is 2.23. The van der Waals surface area contributed by atoms with Gasteiger partial charge in [-0.05, 0) is 43.9 Å². The second kappa shape index (κ2) is 9.91. The lowest BCUT2D eigenvalue weighted by Gasteiger charge is -2.29. The first kappa shape index (κ1) is 20.7. The fourth-order valence-electron chi connectivity index (χ4n) is 3.01. The summed E-state index contributed by atoms with van der Waals surface area (Å²) in [5.74, 6) is -0.145. The smallest absolute Gasteiger partial charge is 0.242 e. The molecule has 0 saturated heterocycles. The van der Waals surface area contributed by atoms with E-state index in [9.17, 15) is 9.59 Å². The van der Waals surface area contributed by atoms with Crippen LogP contribution in [0, 0.1) is 13.8 Å². The van der Waals surface area contributed by atoms with Crippen molar-refractivity contribution < 1.29 is 9.59 Å². The lowest BCUT2D eigenvalue weighted by Crippen LogP contribution is -2.48. The van der Waals surface area contributed by atoms with Crippen molar-refractivity contribution in [3.8, 4) is 0 Å². The Morgan fingerprint density at radius 2 is 1.78 bits per heavy atom. The molecular formula is C23H30N2O2. The normalized spacial score (nSPS) is 11.7. The van der Waals surface area contributed by atoms with Gasteiger partial charge in [-0.15, -0.1) is 0 Å². The molecule has 0 unspecified atom stereocenters. The van der Waals surface area contributed by atoms with Crippen molar-refractivity contribution in [2.75, 3.05) is 6.54 Å². The lowest BCUT2D eigenvalue weighted by molar-refractivity contribution is -0.140. The molecule has 1 N–H and O–H groups in total. The maximum absolute atomic E-state index is 13.1. The maximum atomic E-state index is 13.1. The van der Waals surface area contributed by atoms with Gasteiger partial charge in [0.1, 0.15) is 6.04 Å². The van der Waals surface area contributed by atoms with Crippen molar-refractivity contribution in [3.05, 3.63) is 70.8 Å². The Hall–Kier alpha value is -2.62. The molecule has 0 radical (unpaired) electrons. The molecule has 2 amide bonds. The zero-order chi connectivity index (χ0) is 19.8. The van der Waals surface area contributed by atoms with E-state index in [1.807, 2.05) is 63.2 Å². The number of nitrogens with one attached hydrogen (secondary N) is 1. The van der Waals surface area contributed by atoms with Crippen LogP contribution in [0.5, 0.6) is 0 Å². The van der Waals surface area contributed by atoms with Gasteiger partial charge in [-0.3, -0.25) is 9.59 Å². The number of nitrogens with zero attached hydrogens (tertiary/aromatic N) is 1. The molecule has 0 heterocycles. The standard InChI is InChI=1S/C23H30N2O2/c1-5-13-24-23(27)19(4)25(16-20-9-7-6-8-10-20)22(26)15-21-14-17(2)11-12-18(21)3/h6-12,14,19H,5,13,15-16H2,1-4H3,(H,24,27)/t19-/m1/s1. The van der Waals surface area contributed by atoms with E-state index in [1.165, 1.54) is 0 Å². The van der Waals surface area contributed by atoms with E-state index in [4.69, 9.17) is 0 Å². The molecule has 0 aliphatic carbocycles. The number of aryl methyl sites for hydroxylation is 2. The molecule has 0 aliphatic rings. The van der Waals surface area contributed by atoms with Crippen molar-refractivity contribution in [1.82, 2.24) is 10.2 Å². The molecule has 2 rings (SSSR count). The molecule has 27 heavy (non-hydrogen) atoms. The molecule has 4 heteroatoms. The van der Waals surface area contributed by atoms with Crippen molar-refractivity contribution in [2.45, 2.75) is 53.1 Å². The first-order valence-corrected chi connectivity index (χ1v) is 9.59. The molecule has 0 fully saturated rings. The van der Waals surface area contributed by atoms with Crippen LogP contribution >= 0.6 is 0 Å². The van der Waals surface area contributed by atoms with Crippen LogP contribution in [0.3, 0.4) is 0 Å². The number of rotatable bonds is 8. The van der Waals surface area contributed by atoms with Crippen LogP contribution in [0.1, 0.15) is 42.5 Å². The third-order valence-electron chi connectivity index (χ3n) is 4.76. The quantitative estimate of drug-likeness (QED) is 0.773. The average Bonchev–Trinajstić information content (AvgIpc) is 2.67. The largest absolute Gasteiger partial charge is 0.354 e. The van der Waals surface area contributed by atoms with E-state index in [0.29, 0.717) is 19.5 Å². The minimum Gasteiger partial charge on any atom is -0.354 e. The topological polar surface area (TPSA) is 49.4 Å². The summed E-state index contributed by atoms with van der Waals surface area (Å²) in [5.41, 5.74) is 4.25. The Morgan fingerprint density at radius 1 is 1.07 bits per heavy atom. The van der Waals surface area contributed by atoms with Gasteiger partial charge < -0.3 is 10.2 Å². The molecule has 0 saturated carbocycles. The molecule has 0 aliphatic heterocycles. The van der Waals surface area contributed by atoms with Gasteiger partial charge >= 0.3 is 0 Å². The minimum atomic E-state index is -0.519. The number of carbonyl (C=O) groups excluding carboxylic acids is 2. The molecule has 4 nitrogen and oxygen atoms in total. The van der Waals surface area contributed by atoms with Crippen LogP contribution in [0.2, 0.25) is 0 Å². The zero-order valence-corrected chi connectivity index (χ0v) is 16.8. The highest BCUT2D eigenvalue weighted by atomic mass is 16.2. The molecule has 1 atom stereocenters. The van der Waals surface area contributed by atoms with Crippen LogP contribution < -0.4 is 5.32 Å². The zero-order valence-electron chi connectivity index (χ0n) is 16.8. The van der Waals surface area contributed by atoms with Crippen molar-refractivity contribution in [2.24, 2.45) is 0 Å². The fraction of sp³-hybridized carbons (Fsp3) is 0.391. The third kappa shape index (κ3) is 5.95. The predicted octanol–water partition coefficient (Wildman–Crippen LogP) is 3.79. The first-order chi connectivity index (χ1) is 12.9. The third-order valence-corrected chi connectivity index (χ3v) is 4.76. The van der Waals surface area contributed by atoms with Crippen molar-refractivity contribution in [3.63, 3.8) is 0 Å². The van der Waals surface area contributed by atoms with Gasteiger partial charge in [0, 0.05) is 13.1 Å². The van der Waals surface area contributed by atoms with Crippen LogP contribution in [0.4, 0.5) is 0 Å². The van der Waals surface area contributed by atoms with Crippen LogP contribution in [0.25, 0.3) is 0 Å². The van der Waals surface area contributed by atoms with Gasteiger partial charge in [-0.2, -0.15) is 0 Å². The summed E-state index contributed by atoms with van der Waals surface area (Å²) in [6, 6.07) is 15.4. The van der Waals surface area contributed by atoms with Gasteiger partial charge in [-0.1, -0.05) is 61.0 Å². The van der Waals surface area contributed by atoms with Gasteiger partial charge in [0.05, 0.1) is 6.42 Å². The second-order valence-corrected chi connectivity index (χ2v) is 7.08. The summed E-state index contributed by atoms with van der Waals surface area (Å²) >= 11 is 0. The molecule has 0 aromatic heterocycles. The van der Waals surface area contributed by atoms with Gasteiger partial charge in [0.2, 0.25) is 11.8 Å². The summed E-state index contributed by atoms with van der Waals surface area (Å²) in [6.07, 6.45) is 1.17. The molecular weight excluding hydrogens is 336 g/mol. The SMILES string of the molecule is CCCNC(=O)[C@@H](C)N(Cc1ccccc1)C(=O)Cc1cc(C)ccc1C. The highest BCUT2D eigenvalue weighted by Crippen LogP contribution is 2.16. The van der Waals surface area contributed by atoms with Gasteiger partial charge in [0.25, 0.3) is 0 Å². The minimum absolute atomic E-state index is 0.0355. The highest BCUT2D eigenvalue weighted by Gasteiger charge is 2.26. The van der Waals surface area contributed by atoms with Crippen molar-refractivity contribution >= 4 is 11.8 Å². The molecule has 144 valence electrons. The Bertz CT molecular complexity index is 771. The maximum Gasteiger partial charge on any atom is 0.242 e. The molecule has 0 spiro atoms. The molecule has 2 aromatic rings. The van der Waals surface area contributed by atoms with Gasteiger partial charge in [0.15, 0.2) is 0 Å². The second-order valence-electron chi connectivity index (χ2n) is 7.08. The fourth-order valence-corrected chi connectivity index (χ4v) is 3.01. The number of hydrogen-bond donors (Lipinski definition) is 1. The summed E-state index contributed by atoms with van der Waals surface area (Å²) in [4.78, 5) is 27.3. The summed E-state index contributed by atoms with van der Waals surface area (Å²) in [5, 5.41) is 2.90. The van der Waals surface area contributed by atoms with E-state index < -0.39 is 6.04 Å². The number of hydrogen-bond acceptors (Lipinski definition) is 2. The van der Waals surface area contributed by atoms with E-state index >= 15 is 0 Å². The van der Waals surface area contributed by atoms with Gasteiger partial charge in [-0.25, -0.2) is 0 Å². The first-order valence-electron chi connectivity index (χ1n) is 9.59. The molecule has 0 bridgehead atoms. The van der Waals surface area contributed by atoms with E-state index in [1.54, 1.807) is 11.8 Å². The Labute approximate surface area is 162 Å². The van der Waals surface area contributed by atoms with E-state index in [2.05, 4.69) is 11.4 Å². The highest BCUT2D eigenvalue weighted by molar-refractivity contribution is 5.88.